The van der Waals surface area contributed by atoms with Crippen LogP contribution in [0.25, 0.3) is 16.9 Å². The van der Waals surface area contributed by atoms with Gasteiger partial charge in [0, 0.05) is 12.0 Å². The molecule has 3 heterocycles. The van der Waals surface area contributed by atoms with Gasteiger partial charge in [-0.25, -0.2) is 4.68 Å². The SMILES string of the molecule is Cc1ccc(C(F)(F)F)cc1-n1cc(-c2ccc3c(c2)C(=O)N(C2CCC(=O)NC2=O)C3=O)nn1. The van der Waals surface area contributed by atoms with Crippen molar-refractivity contribution < 1.29 is 32.3 Å². The summed E-state index contributed by atoms with van der Waals surface area (Å²) in [6.07, 6.45) is -3.06. The molecule has 12 heteroatoms. The van der Waals surface area contributed by atoms with Crippen LogP contribution in [0, 0.1) is 6.92 Å². The van der Waals surface area contributed by atoms with E-state index < -0.39 is 41.4 Å². The monoisotopic (exact) mass is 483 g/mol. The smallest absolute Gasteiger partial charge is 0.295 e. The van der Waals surface area contributed by atoms with E-state index in [4.69, 9.17) is 0 Å². The zero-order valence-corrected chi connectivity index (χ0v) is 18.1. The van der Waals surface area contributed by atoms with Crippen LogP contribution in [0.4, 0.5) is 13.2 Å². The van der Waals surface area contributed by atoms with Crippen molar-refractivity contribution in [2.45, 2.75) is 32.0 Å². The molecule has 4 amide bonds. The van der Waals surface area contributed by atoms with Gasteiger partial charge in [0.05, 0.1) is 28.6 Å². The van der Waals surface area contributed by atoms with Gasteiger partial charge in [-0.15, -0.1) is 5.10 Å². The number of aryl methyl sites for hydroxylation is 1. The van der Waals surface area contributed by atoms with Crippen LogP contribution in [-0.2, 0) is 15.8 Å². The number of amides is 4. The van der Waals surface area contributed by atoms with Crippen molar-refractivity contribution in [3.05, 3.63) is 64.8 Å². The molecule has 2 aromatic carbocycles. The number of nitrogens with one attached hydrogen (secondary N) is 1. The van der Waals surface area contributed by atoms with E-state index in [2.05, 4.69) is 15.6 Å². The number of imide groups is 2. The predicted molar refractivity (Wildman–Crippen MR) is 113 cm³/mol. The molecule has 0 saturated carbocycles. The molecule has 5 rings (SSSR count). The third kappa shape index (κ3) is 3.76. The summed E-state index contributed by atoms with van der Waals surface area (Å²) in [7, 11) is 0. The Kier molecular flexibility index (Phi) is 5.04. The van der Waals surface area contributed by atoms with Crippen molar-refractivity contribution >= 4 is 23.6 Å². The van der Waals surface area contributed by atoms with Crippen LogP contribution < -0.4 is 5.32 Å². The first kappa shape index (κ1) is 22.4. The predicted octanol–water partition coefficient (Wildman–Crippen LogP) is 2.66. The second-order valence-electron chi connectivity index (χ2n) is 8.25. The van der Waals surface area contributed by atoms with E-state index in [-0.39, 0.29) is 35.3 Å². The van der Waals surface area contributed by atoms with Gasteiger partial charge < -0.3 is 0 Å². The Morgan fingerprint density at radius 3 is 2.46 bits per heavy atom. The minimum Gasteiger partial charge on any atom is -0.295 e. The minimum absolute atomic E-state index is 0.00707. The first-order chi connectivity index (χ1) is 16.5. The summed E-state index contributed by atoms with van der Waals surface area (Å²) in [5.74, 6) is -2.50. The lowest BCUT2D eigenvalue weighted by atomic mass is 10.0. The van der Waals surface area contributed by atoms with E-state index in [1.165, 1.54) is 35.1 Å². The number of carbonyl (C=O) groups is 4. The largest absolute Gasteiger partial charge is 0.416 e. The summed E-state index contributed by atoms with van der Waals surface area (Å²) in [6, 6.07) is 6.58. The summed E-state index contributed by atoms with van der Waals surface area (Å²) < 4.78 is 40.6. The number of alkyl halides is 3. The second-order valence-corrected chi connectivity index (χ2v) is 8.25. The summed E-state index contributed by atoms with van der Waals surface area (Å²) >= 11 is 0. The van der Waals surface area contributed by atoms with E-state index in [1.807, 2.05) is 0 Å². The third-order valence-electron chi connectivity index (χ3n) is 6.01. The summed E-state index contributed by atoms with van der Waals surface area (Å²) in [6.45, 7) is 1.64. The Balaban J connectivity index is 1.46. The van der Waals surface area contributed by atoms with Crippen LogP contribution in [0.15, 0.2) is 42.6 Å². The number of hydrogen-bond donors (Lipinski definition) is 1. The van der Waals surface area contributed by atoms with E-state index in [0.717, 1.165) is 17.0 Å². The first-order valence-corrected chi connectivity index (χ1v) is 10.5. The van der Waals surface area contributed by atoms with Crippen molar-refractivity contribution in [1.82, 2.24) is 25.2 Å². The molecule has 0 aliphatic carbocycles. The molecule has 0 radical (unpaired) electrons. The zero-order valence-electron chi connectivity index (χ0n) is 18.1. The molecule has 2 aliphatic rings. The number of aromatic nitrogens is 3. The number of carbonyl (C=O) groups excluding carboxylic acids is 4. The minimum atomic E-state index is -4.52. The standard InChI is InChI=1S/C23H16F3N5O4/c1-11-2-4-13(23(24,25)26)9-18(11)30-10-16(28-29-30)12-3-5-14-15(8-12)22(35)31(21(14)34)17-6-7-19(32)27-20(17)33/h2-5,8-10,17H,6-7H2,1H3,(H,27,32,33). The molecule has 0 spiro atoms. The molecule has 1 unspecified atom stereocenters. The highest BCUT2D eigenvalue weighted by molar-refractivity contribution is 6.23. The number of nitrogens with zero attached hydrogens (tertiary/aromatic N) is 4. The van der Waals surface area contributed by atoms with Crippen LogP contribution in [0.3, 0.4) is 0 Å². The zero-order chi connectivity index (χ0) is 25.1. The lowest BCUT2D eigenvalue weighted by Crippen LogP contribution is -2.54. The second kappa shape index (κ2) is 7.86. The maximum absolute atomic E-state index is 13.1. The summed E-state index contributed by atoms with van der Waals surface area (Å²) in [4.78, 5) is 50.3. The lowest BCUT2D eigenvalue weighted by molar-refractivity contribution is -0.138. The van der Waals surface area contributed by atoms with E-state index in [9.17, 15) is 32.3 Å². The van der Waals surface area contributed by atoms with E-state index >= 15 is 0 Å². The topological polar surface area (TPSA) is 114 Å². The molecular weight excluding hydrogens is 467 g/mol. The van der Waals surface area contributed by atoms with Gasteiger partial charge >= 0.3 is 6.18 Å². The van der Waals surface area contributed by atoms with Gasteiger partial charge in [-0.1, -0.05) is 17.3 Å². The Hall–Kier alpha value is -4.35. The highest BCUT2D eigenvalue weighted by atomic mass is 19.4. The molecule has 0 bridgehead atoms. The van der Waals surface area contributed by atoms with Crippen molar-refractivity contribution in [2.75, 3.05) is 0 Å². The molecule has 178 valence electrons. The molecule has 1 fully saturated rings. The lowest BCUT2D eigenvalue weighted by Gasteiger charge is -2.27. The van der Waals surface area contributed by atoms with Gasteiger partial charge in [0.15, 0.2) is 0 Å². The molecule has 1 aromatic heterocycles. The molecule has 35 heavy (non-hydrogen) atoms. The molecule has 2 aliphatic heterocycles. The Morgan fingerprint density at radius 1 is 1.00 bits per heavy atom. The number of benzene rings is 2. The van der Waals surface area contributed by atoms with Gasteiger partial charge in [-0.05, 0) is 43.2 Å². The number of piperidine rings is 1. The van der Waals surface area contributed by atoms with Gasteiger partial charge in [0.2, 0.25) is 11.8 Å². The Labute approximate surface area is 195 Å². The van der Waals surface area contributed by atoms with Crippen LogP contribution in [0.1, 0.15) is 44.7 Å². The van der Waals surface area contributed by atoms with Gasteiger partial charge in [-0.3, -0.25) is 29.4 Å². The average Bonchev–Trinajstić information content (AvgIpc) is 3.37. The van der Waals surface area contributed by atoms with Crippen molar-refractivity contribution in [3.63, 3.8) is 0 Å². The van der Waals surface area contributed by atoms with Crippen LogP contribution in [0.5, 0.6) is 0 Å². The van der Waals surface area contributed by atoms with Crippen LogP contribution >= 0.6 is 0 Å². The van der Waals surface area contributed by atoms with Crippen molar-refractivity contribution in [3.8, 4) is 16.9 Å². The first-order valence-electron chi connectivity index (χ1n) is 10.5. The normalized spacial score (nSPS) is 18.2. The maximum Gasteiger partial charge on any atom is 0.416 e. The molecule has 9 nitrogen and oxygen atoms in total. The van der Waals surface area contributed by atoms with Gasteiger partial charge in [-0.2, -0.15) is 13.2 Å². The Bertz CT molecular complexity index is 1430. The number of rotatable bonds is 3. The number of halogens is 3. The fourth-order valence-corrected chi connectivity index (χ4v) is 4.18. The highest BCUT2D eigenvalue weighted by Gasteiger charge is 2.44. The fraction of sp³-hybridized carbons (Fsp3) is 0.217. The quantitative estimate of drug-likeness (QED) is 0.573. The number of fused-ring (bicyclic) bond motifs is 1. The van der Waals surface area contributed by atoms with Crippen molar-refractivity contribution in [1.29, 1.82) is 0 Å². The van der Waals surface area contributed by atoms with Crippen LogP contribution in [-0.4, -0.2) is 49.6 Å². The Morgan fingerprint density at radius 2 is 1.74 bits per heavy atom. The molecule has 1 saturated heterocycles. The average molecular weight is 483 g/mol. The fourth-order valence-electron chi connectivity index (χ4n) is 4.18. The molecule has 1 N–H and O–H groups in total. The third-order valence-corrected chi connectivity index (χ3v) is 6.01. The van der Waals surface area contributed by atoms with Gasteiger partial charge in [0.1, 0.15) is 11.7 Å². The van der Waals surface area contributed by atoms with E-state index in [1.54, 1.807) is 6.92 Å². The van der Waals surface area contributed by atoms with Gasteiger partial charge in [0.25, 0.3) is 11.8 Å². The van der Waals surface area contributed by atoms with Crippen LogP contribution in [0.2, 0.25) is 0 Å². The van der Waals surface area contributed by atoms with E-state index in [0.29, 0.717) is 11.1 Å². The number of hydrogen-bond acceptors (Lipinski definition) is 6. The highest BCUT2D eigenvalue weighted by Crippen LogP contribution is 2.33. The molecule has 3 aromatic rings. The van der Waals surface area contributed by atoms with Crippen molar-refractivity contribution in [2.24, 2.45) is 0 Å². The summed E-state index contributed by atoms with van der Waals surface area (Å²) in [5.41, 5.74) is 0.742. The maximum atomic E-state index is 13.1. The molecular formula is C23H16F3N5O4. The summed E-state index contributed by atoms with van der Waals surface area (Å²) in [5, 5.41) is 10.1. The molecule has 1 atom stereocenters.